The first-order valence-electron chi connectivity index (χ1n) is 6.41. The number of benzene rings is 2. The maximum atomic E-state index is 13.0. The van der Waals surface area contributed by atoms with E-state index in [-0.39, 0.29) is 23.8 Å². The van der Waals surface area contributed by atoms with Gasteiger partial charge in [0.05, 0.1) is 6.04 Å². The van der Waals surface area contributed by atoms with Crippen molar-refractivity contribution in [2.24, 2.45) is 5.73 Å². The maximum absolute atomic E-state index is 13.0. The van der Waals surface area contributed by atoms with Crippen LogP contribution in [0.2, 0.25) is 0 Å². The minimum absolute atomic E-state index is 0.301. The van der Waals surface area contributed by atoms with Crippen molar-refractivity contribution in [3.8, 4) is 5.75 Å². The number of halogens is 2. The van der Waals surface area contributed by atoms with Gasteiger partial charge < -0.3 is 10.5 Å². The van der Waals surface area contributed by atoms with Gasteiger partial charge in [-0.3, -0.25) is 0 Å². The summed E-state index contributed by atoms with van der Waals surface area (Å²) in [6.45, 7) is 3.60. The molecular weight excluding hydrogens is 260 g/mol. The number of hydrogen-bond donors (Lipinski definition) is 1. The molecule has 2 aromatic rings. The number of ether oxygens (including phenoxy) is 1. The van der Waals surface area contributed by atoms with Gasteiger partial charge in [0.2, 0.25) is 0 Å². The van der Waals surface area contributed by atoms with Crippen LogP contribution in [0.1, 0.15) is 24.1 Å². The maximum Gasteiger partial charge on any atom is 0.123 e. The Labute approximate surface area is 117 Å². The van der Waals surface area contributed by atoms with Crippen molar-refractivity contribution >= 4 is 0 Å². The van der Waals surface area contributed by atoms with Crippen molar-refractivity contribution < 1.29 is 13.5 Å². The highest BCUT2D eigenvalue weighted by molar-refractivity contribution is 5.33. The Morgan fingerprint density at radius 1 is 1.00 bits per heavy atom. The normalized spacial score (nSPS) is 13.8. The fraction of sp³-hybridized carbons (Fsp3) is 0.250. The lowest BCUT2D eigenvalue weighted by Crippen LogP contribution is -2.28. The Morgan fingerprint density at radius 2 is 1.60 bits per heavy atom. The second-order valence-electron chi connectivity index (χ2n) is 4.81. The van der Waals surface area contributed by atoms with Crippen LogP contribution in [0.15, 0.2) is 42.5 Å². The van der Waals surface area contributed by atoms with E-state index in [9.17, 15) is 8.78 Å². The minimum atomic E-state index is -0.389. The molecule has 0 amide bonds. The Kier molecular flexibility index (Phi) is 4.35. The Hall–Kier alpha value is -1.94. The zero-order valence-electron chi connectivity index (χ0n) is 11.4. The van der Waals surface area contributed by atoms with Gasteiger partial charge in [-0.05, 0) is 55.3 Å². The number of aryl methyl sites for hydroxylation is 1. The lowest BCUT2D eigenvalue weighted by molar-refractivity contribution is 0.189. The van der Waals surface area contributed by atoms with Crippen LogP contribution in [0.4, 0.5) is 8.78 Å². The van der Waals surface area contributed by atoms with Crippen molar-refractivity contribution in [3.63, 3.8) is 0 Å². The van der Waals surface area contributed by atoms with Crippen LogP contribution in [-0.2, 0) is 0 Å². The molecule has 2 atom stereocenters. The predicted octanol–water partition coefficient (Wildman–Crippen LogP) is 3.74. The summed E-state index contributed by atoms with van der Waals surface area (Å²) in [5, 5.41) is 0. The molecule has 0 radical (unpaired) electrons. The van der Waals surface area contributed by atoms with Gasteiger partial charge >= 0.3 is 0 Å². The quantitative estimate of drug-likeness (QED) is 0.924. The number of hydrogen-bond acceptors (Lipinski definition) is 2. The average molecular weight is 277 g/mol. The molecule has 2 unspecified atom stereocenters. The van der Waals surface area contributed by atoms with E-state index in [4.69, 9.17) is 10.5 Å². The van der Waals surface area contributed by atoms with Crippen LogP contribution < -0.4 is 10.5 Å². The van der Waals surface area contributed by atoms with Crippen molar-refractivity contribution in [2.45, 2.75) is 26.0 Å². The van der Waals surface area contributed by atoms with Gasteiger partial charge in [0, 0.05) is 0 Å². The molecule has 0 aliphatic carbocycles. The van der Waals surface area contributed by atoms with Crippen molar-refractivity contribution in [1.82, 2.24) is 0 Å². The van der Waals surface area contributed by atoms with E-state index in [1.54, 1.807) is 25.1 Å². The fourth-order valence-electron chi connectivity index (χ4n) is 1.97. The van der Waals surface area contributed by atoms with Gasteiger partial charge in [0.1, 0.15) is 23.5 Å². The Balaban J connectivity index is 2.11. The standard InChI is InChI=1S/C16H17F2NO/c1-10-9-14(18)7-8-15(10)20-11(2)16(19)12-3-5-13(17)6-4-12/h3-9,11,16H,19H2,1-2H3. The highest BCUT2D eigenvalue weighted by Gasteiger charge is 2.17. The summed E-state index contributed by atoms with van der Waals surface area (Å²) >= 11 is 0. The summed E-state index contributed by atoms with van der Waals surface area (Å²) in [5.41, 5.74) is 7.60. The highest BCUT2D eigenvalue weighted by atomic mass is 19.1. The summed E-state index contributed by atoms with van der Waals surface area (Å²) in [6, 6.07) is 9.95. The van der Waals surface area contributed by atoms with Gasteiger partial charge in [0.25, 0.3) is 0 Å². The third kappa shape index (κ3) is 3.33. The first-order valence-corrected chi connectivity index (χ1v) is 6.41. The second-order valence-corrected chi connectivity index (χ2v) is 4.81. The molecule has 0 fully saturated rings. The molecule has 0 spiro atoms. The van der Waals surface area contributed by atoms with Crippen molar-refractivity contribution in [1.29, 1.82) is 0 Å². The van der Waals surface area contributed by atoms with Gasteiger partial charge in [0.15, 0.2) is 0 Å². The largest absolute Gasteiger partial charge is 0.488 e. The molecule has 0 aliphatic rings. The monoisotopic (exact) mass is 277 g/mol. The molecule has 0 saturated heterocycles. The van der Waals surface area contributed by atoms with Crippen LogP contribution >= 0.6 is 0 Å². The van der Waals surface area contributed by atoms with Crippen LogP contribution in [0.3, 0.4) is 0 Å². The van der Waals surface area contributed by atoms with Crippen LogP contribution in [0.25, 0.3) is 0 Å². The molecule has 2 aromatic carbocycles. The lowest BCUT2D eigenvalue weighted by atomic mass is 10.0. The average Bonchev–Trinajstić information content (AvgIpc) is 2.42. The SMILES string of the molecule is Cc1cc(F)ccc1OC(C)C(N)c1ccc(F)cc1. The summed E-state index contributed by atoms with van der Waals surface area (Å²) in [7, 11) is 0. The summed E-state index contributed by atoms with van der Waals surface area (Å²) in [6.07, 6.45) is -0.315. The van der Waals surface area contributed by atoms with Gasteiger partial charge in [-0.15, -0.1) is 0 Å². The summed E-state index contributed by atoms with van der Waals surface area (Å²) < 4.78 is 31.7. The third-order valence-corrected chi connectivity index (χ3v) is 3.21. The lowest BCUT2D eigenvalue weighted by Gasteiger charge is -2.22. The van der Waals surface area contributed by atoms with E-state index in [1.165, 1.54) is 24.3 Å². The smallest absolute Gasteiger partial charge is 0.123 e. The van der Waals surface area contributed by atoms with Crippen molar-refractivity contribution in [2.75, 3.05) is 0 Å². The van der Waals surface area contributed by atoms with E-state index in [2.05, 4.69) is 0 Å². The molecule has 20 heavy (non-hydrogen) atoms. The molecule has 2 N–H and O–H groups in total. The second kappa shape index (κ2) is 6.01. The molecule has 2 nitrogen and oxygen atoms in total. The molecular formula is C16H17F2NO. The van der Waals surface area contributed by atoms with Crippen molar-refractivity contribution in [3.05, 3.63) is 65.2 Å². The molecule has 0 saturated carbocycles. The number of rotatable bonds is 4. The van der Waals surface area contributed by atoms with Gasteiger partial charge in [-0.2, -0.15) is 0 Å². The zero-order chi connectivity index (χ0) is 14.7. The highest BCUT2D eigenvalue weighted by Crippen LogP contribution is 2.24. The molecule has 0 bridgehead atoms. The topological polar surface area (TPSA) is 35.2 Å². The first-order chi connectivity index (χ1) is 9.47. The number of nitrogens with two attached hydrogens (primary N) is 1. The third-order valence-electron chi connectivity index (χ3n) is 3.21. The molecule has 106 valence electrons. The van der Waals surface area contributed by atoms with Crippen LogP contribution in [0, 0.1) is 18.6 Å². The Morgan fingerprint density at radius 3 is 2.20 bits per heavy atom. The van der Waals surface area contributed by atoms with Crippen LogP contribution in [0.5, 0.6) is 5.75 Å². The van der Waals surface area contributed by atoms with E-state index in [1.807, 2.05) is 6.92 Å². The van der Waals surface area contributed by atoms with E-state index in [0.29, 0.717) is 11.3 Å². The predicted molar refractivity (Wildman–Crippen MR) is 74.6 cm³/mol. The zero-order valence-corrected chi connectivity index (χ0v) is 11.4. The van der Waals surface area contributed by atoms with E-state index >= 15 is 0 Å². The van der Waals surface area contributed by atoms with Gasteiger partial charge in [-0.1, -0.05) is 12.1 Å². The van der Waals surface area contributed by atoms with Gasteiger partial charge in [-0.25, -0.2) is 8.78 Å². The van der Waals surface area contributed by atoms with E-state index < -0.39 is 0 Å². The molecule has 0 aromatic heterocycles. The first kappa shape index (κ1) is 14.5. The Bertz CT molecular complexity index is 584. The molecule has 4 heteroatoms. The minimum Gasteiger partial charge on any atom is -0.488 e. The molecule has 2 rings (SSSR count). The molecule has 0 heterocycles. The fourth-order valence-corrected chi connectivity index (χ4v) is 1.97. The van der Waals surface area contributed by atoms with Crippen LogP contribution in [-0.4, -0.2) is 6.10 Å². The summed E-state index contributed by atoms with van der Waals surface area (Å²) in [5.74, 6) is -0.00861. The van der Waals surface area contributed by atoms with E-state index in [0.717, 1.165) is 5.56 Å². The summed E-state index contributed by atoms with van der Waals surface area (Å²) in [4.78, 5) is 0. The molecule has 0 aliphatic heterocycles.